The SMILES string of the molecule is COC(=O)C1=C(C)N(c2ccc(C)c(C)c2)C(=O)/C1=C/c1ccc(CNS(=O)(=O)c2ccc(C)cc2)o1. The fourth-order valence-corrected chi connectivity index (χ4v) is 5.03. The second-order valence-electron chi connectivity index (χ2n) is 8.86. The van der Waals surface area contributed by atoms with Crippen LogP contribution in [0.5, 0.6) is 0 Å². The standard InChI is InChI=1S/C28H28N2O6S/c1-17-6-12-24(13-7-17)37(33,34)29-16-23-11-10-22(36-23)15-25-26(28(32)35-5)20(4)30(27(25)31)21-9-8-18(2)19(3)14-21/h6-15,29H,16H2,1-5H3/b25-15+. The van der Waals surface area contributed by atoms with Crippen molar-refractivity contribution in [3.05, 3.63) is 99.7 Å². The topological polar surface area (TPSA) is 106 Å². The highest BCUT2D eigenvalue weighted by atomic mass is 32.2. The average Bonchev–Trinajstić information content (AvgIpc) is 3.41. The lowest BCUT2D eigenvalue weighted by Gasteiger charge is -2.19. The molecule has 8 nitrogen and oxygen atoms in total. The Morgan fingerprint density at radius 1 is 1.00 bits per heavy atom. The van der Waals surface area contributed by atoms with Crippen LogP contribution in [-0.4, -0.2) is 27.4 Å². The molecule has 9 heteroatoms. The van der Waals surface area contributed by atoms with Gasteiger partial charge in [-0.1, -0.05) is 23.8 Å². The number of allylic oxidation sites excluding steroid dienone is 1. The number of carbonyl (C=O) groups is 2. The lowest BCUT2D eigenvalue weighted by molar-refractivity contribution is -0.136. The fraction of sp³-hybridized carbons (Fsp3) is 0.214. The number of methoxy groups -OCH3 is 1. The van der Waals surface area contributed by atoms with Gasteiger partial charge >= 0.3 is 5.97 Å². The first kappa shape index (κ1) is 26.1. The number of sulfonamides is 1. The van der Waals surface area contributed by atoms with Gasteiger partial charge in [-0.3, -0.25) is 9.69 Å². The van der Waals surface area contributed by atoms with Gasteiger partial charge in [-0.25, -0.2) is 17.9 Å². The van der Waals surface area contributed by atoms with Gasteiger partial charge in [0.1, 0.15) is 11.5 Å². The molecule has 4 rings (SSSR count). The van der Waals surface area contributed by atoms with E-state index in [0.717, 1.165) is 16.7 Å². The molecule has 1 aromatic heterocycles. The molecule has 0 fully saturated rings. The van der Waals surface area contributed by atoms with Crippen LogP contribution >= 0.6 is 0 Å². The summed E-state index contributed by atoms with van der Waals surface area (Å²) in [5.74, 6) is -0.386. The van der Waals surface area contributed by atoms with E-state index in [9.17, 15) is 18.0 Å². The number of anilines is 1. The number of esters is 1. The molecule has 0 saturated carbocycles. The summed E-state index contributed by atoms with van der Waals surface area (Å²) in [6, 6.07) is 15.4. The van der Waals surface area contributed by atoms with Gasteiger partial charge in [0.15, 0.2) is 0 Å². The van der Waals surface area contributed by atoms with Crippen molar-refractivity contribution in [2.75, 3.05) is 12.0 Å². The zero-order valence-corrected chi connectivity index (χ0v) is 22.1. The number of carbonyl (C=O) groups excluding carboxylic acids is 2. The first-order valence-corrected chi connectivity index (χ1v) is 13.1. The van der Waals surface area contributed by atoms with Crippen LogP contribution < -0.4 is 9.62 Å². The molecule has 1 amide bonds. The van der Waals surface area contributed by atoms with E-state index >= 15 is 0 Å². The quantitative estimate of drug-likeness (QED) is 0.362. The first-order valence-electron chi connectivity index (χ1n) is 11.6. The van der Waals surface area contributed by atoms with Crippen molar-refractivity contribution >= 4 is 33.7 Å². The predicted octanol–water partition coefficient (Wildman–Crippen LogP) is 4.56. The fourth-order valence-electron chi connectivity index (χ4n) is 4.03. The van der Waals surface area contributed by atoms with Crippen molar-refractivity contribution in [2.45, 2.75) is 39.1 Å². The van der Waals surface area contributed by atoms with E-state index in [-0.39, 0.29) is 28.5 Å². The molecule has 1 N–H and O–H groups in total. The highest BCUT2D eigenvalue weighted by Gasteiger charge is 2.38. The smallest absolute Gasteiger partial charge is 0.340 e. The third-order valence-electron chi connectivity index (χ3n) is 6.27. The maximum absolute atomic E-state index is 13.5. The number of benzene rings is 2. The van der Waals surface area contributed by atoms with E-state index in [1.165, 1.54) is 30.2 Å². The van der Waals surface area contributed by atoms with Crippen molar-refractivity contribution in [1.82, 2.24) is 4.72 Å². The molecule has 0 saturated heterocycles. The molecule has 0 atom stereocenters. The molecule has 0 unspecified atom stereocenters. The molecule has 0 bridgehead atoms. The molecule has 1 aliphatic heterocycles. The van der Waals surface area contributed by atoms with Gasteiger partial charge in [0.25, 0.3) is 5.91 Å². The zero-order valence-electron chi connectivity index (χ0n) is 21.3. The Kier molecular flexibility index (Phi) is 7.20. The average molecular weight is 521 g/mol. The molecule has 37 heavy (non-hydrogen) atoms. The van der Waals surface area contributed by atoms with Gasteiger partial charge in [0, 0.05) is 11.4 Å². The molecular formula is C28H28N2O6S. The van der Waals surface area contributed by atoms with Crippen molar-refractivity contribution in [1.29, 1.82) is 0 Å². The number of hydrogen-bond acceptors (Lipinski definition) is 6. The van der Waals surface area contributed by atoms with Crippen LogP contribution in [0.2, 0.25) is 0 Å². The predicted molar refractivity (Wildman–Crippen MR) is 140 cm³/mol. The molecule has 1 aliphatic rings. The molecule has 0 radical (unpaired) electrons. The van der Waals surface area contributed by atoms with Gasteiger partial charge in [0.05, 0.1) is 29.7 Å². The van der Waals surface area contributed by atoms with E-state index in [4.69, 9.17) is 9.15 Å². The number of nitrogens with one attached hydrogen (secondary N) is 1. The Labute approximate surface area is 216 Å². The summed E-state index contributed by atoms with van der Waals surface area (Å²) in [7, 11) is -2.47. The van der Waals surface area contributed by atoms with E-state index in [1.54, 1.807) is 31.2 Å². The van der Waals surface area contributed by atoms with E-state index < -0.39 is 16.0 Å². The Balaban J connectivity index is 1.61. The van der Waals surface area contributed by atoms with E-state index in [2.05, 4.69) is 4.72 Å². The highest BCUT2D eigenvalue weighted by molar-refractivity contribution is 7.89. The monoisotopic (exact) mass is 520 g/mol. The second-order valence-corrected chi connectivity index (χ2v) is 10.6. The van der Waals surface area contributed by atoms with Crippen LogP contribution in [0.15, 0.2) is 80.8 Å². The van der Waals surface area contributed by atoms with Crippen molar-refractivity contribution in [3.63, 3.8) is 0 Å². The van der Waals surface area contributed by atoms with Gasteiger partial charge in [-0.05, 0) is 81.3 Å². The maximum Gasteiger partial charge on any atom is 0.340 e. The Morgan fingerprint density at radius 3 is 2.35 bits per heavy atom. The third kappa shape index (κ3) is 5.28. The summed E-state index contributed by atoms with van der Waals surface area (Å²) in [6.45, 7) is 7.41. The van der Waals surface area contributed by atoms with Crippen LogP contribution in [0.25, 0.3) is 6.08 Å². The van der Waals surface area contributed by atoms with Crippen molar-refractivity contribution in [2.24, 2.45) is 0 Å². The summed E-state index contributed by atoms with van der Waals surface area (Å²) in [5.41, 5.74) is 4.41. The normalized spacial score (nSPS) is 15.1. The molecule has 2 heterocycles. The lowest BCUT2D eigenvalue weighted by atomic mass is 10.1. The third-order valence-corrected chi connectivity index (χ3v) is 7.69. The highest BCUT2D eigenvalue weighted by Crippen LogP contribution is 2.36. The van der Waals surface area contributed by atoms with Gasteiger partial charge in [-0.15, -0.1) is 0 Å². The van der Waals surface area contributed by atoms with Crippen molar-refractivity contribution in [3.8, 4) is 0 Å². The number of furan rings is 1. The molecule has 2 aromatic carbocycles. The Bertz CT molecular complexity index is 1550. The minimum atomic E-state index is -3.73. The molecule has 192 valence electrons. The maximum atomic E-state index is 13.5. The largest absolute Gasteiger partial charge is 0.465 e. The number of amides is 1. The van der Waals surface area contributed by atoms with Gasteiger partial charge in [-0.2, -0.15) is 0 Å². The van der Waals surface area contributed by atoms with Gasteiger partial charge in [0.2, 0.25) is 10.0 Å². The Morgan fingerprint density at radius 2 is 1.70 bits per heavy atom. The number of aryl methyl sites for hydroxylation is 3. The van der Waals surface area contributed by atoms with E-state index in [1.807, 2.05) is 39.0 Å². The Hall–Kier alpha value is -3.95. The lowest BCUT2D eigenvalue weighted by Crippen LogP contribution is -2.24. The van der Waals surface area contributed by atoms with Crippen LogP contribution in [0.3, 0.4) is 0 Å². The minimum absolute atomic E-state index is 0.0825. The number of nitrogens with zero attached hydrogens (tertiary/aromatic N) is 1. The molecule has 3 aromatic rings. The number of hydrogen-bond donors (Lipinski definition) is 1. The molecule has 0 spiro atoms. The number of rotatable bonds is 7. The van der Waals surface area contributed by atoms with E-state index in [0.29, 0.717) is 22.9 Å². The van der Waals surface area contributed by atoms with Crippen LogP contribution in [0.1, 0.15) is 35.1 Å². The van der Waals surface area contributed by atoms with Crippen molar-refractivity contribution < 1.29 is 27.2 Å². The number of ether oxygens (including phenoxy) is 1. The first-order chi connectivity index (χ1) is 17.5. The molecular weight excluding hydrogens is 492 g/mol. The summed E-state index contributed by atoms with van der Waals surface area (Å²) >= 11 is 0. The van der Waals surface area contributed by atoms with Crippen LogP contribution in [-0.2, 0) is 30.9 Å². The van der Waals surface area contributed by atoms with Gasteiger partial charge < -0.3 is 9.15 Å². The van der Waals surface area contributed by atoms with Crippen LogP contribution in [0.4, 0.5) is 5.69 Å². The minimum Gasteiger partial charge on any atom is -0.465 e. The summed E-state index contributed by atoms with van der Waals surface area (Å²) in [6.07, 6.45) is 1.47. The van der Waals surface area contributed by atoms with Crippen LogP contribution in [0, 0.1) is 20.8 Å². The summed E-state index contributed by atoms with van der Waals surface area (Å²) in [4.78, 5) is 27.7. The summed E-state index contributed by atoms with van der Waals surface area (Å²) in [5, 5.41) is 0. The molecule has 0 aliphatic carbocycles. The second kappa shape index (κ2) is 10.2. The summed E-state index contributed by atoms with van der Waals surface area (Å²) < 4.78 is 38.4. The zero-order chi connectivity index (χ0) is 26.9.